The number of nitrogens with zero attached hydrogens (tertiary/aromatic N) is 6. The maximum atomic E-state index is 4.02. The van der Waals surface area contributed by atoms with Crippen molar-refractivity contribution in [3.63, 3.8) is 0 Å². The molecule has 0 spiro atoms. The van der Waals surface area contributed by atoms with Crippen LogP contribution in [0.25, 0.3) is 0 Å². The van der Waals surface area contributed by atoms with Gasteiger partial charge in [-0.25, -0.2) is 0 Å². The number of hydrogen-bond donors (Lipinski definition) is 0. The Labute approximate surface area is 116 Å². The molecule has 0 saturated carbocycles. The van der Waals surface area contributed by atoms with Gasteiger partial charge < -0.3 is 48.0 Å². The molecule has 0 atom stereocenters. The molecule has 78 valence electrons. The van der Waals surface area contributed by atoms with Crippen molar-refractivity contribution in [2.75, 3.05) is 0 Å². The minimum absolute atomic E-state index is 0. The van der Waals surface area contributed by atoms with Crippen LogP contribution in [0, 0.1) is 0 Å². The zero-order valence-electron chi connectivity index (χ0n) is 7.75. The second-order valence-corrected chi connectivity index (χ2v) is 2.60. The molecule has 2 rings (SSSR count). The monoisotopic (exact) mass is 420 g/mol. The maximum absolute atomic E-state index is 4.02. The van der Waals surface area contributed by atoms with Crippen LogP contribution >= 0.6 is 0 Å². The minimum Gasteiger partial charge on any atom is -1.00 e. The van der Waals surface area contributed by atoms with Crippen LogP contribution < -0.4 is 57.3 Å². The van der Waals surface area contributed by atoms with Gasteiger partial charge in [-0.3, -0.25) is 0 Å². The Balaban J connectivity index is 0.000000845. The largest absolute Gasteiger partial charge is 1.00 e. The predicted octanol–water partition coefficient (Wildman–Crippen LogP) is -7.95. The highest BCUT2D eigenvalue weighted by Gasteiger charge is 2.10. The van der Waals surface area contributed by atoms with E-state index in [1.54, 1.807) is 22.0 Å². The van der Waals surface area contributed by atoms with Crippen molar-refractivity contribution < 1.29 is 57.3 Å². The quantitative estimate of drug-likeness (QED) is 0.340. The minimum atomic E-state index is 0. The van der Waals surface area contributed by atoms with Gasteiger partial charge in [0, 0.05) is 0 Å². The standard InChI is InChI=1S/C6H10N6.2HI/c1-9-5-11(3-7-9)12-4-8-10(2)6-12;;/h3-6H,1-2H3;2*1H/q+2;;/p-2. The first kappa shape index (κ1) is 13.7. The average Bonchev–Trinajstić information content (AvgIpc) is 2.58. The van der Waals surface area contributed by atoms with Gasteiger partial charge in [-0.1, -0.05) is 0 Å². The second-order valence-electron chi connectivity index (χ2n) is 2.60. The highest BCUT2D eigenvalue weighted by atomic mass is 127. The smallest absolute Gasteiger partial charge is 0.308 e. The summed E-state index contributed by atoms with van der Waals surface area (Å²) >= 11 is 0. The number of halogens is 2. The van der Waals surface area contributed by atoms with Crippen molar-refractivity contribution in [1.29, 1.82) is 0 Å². The molecular formula is C6H10I2N6. The van der Waals surface area contributed by atoms with Gasteiger partial charge in [0.2, 0.25) is 0 Å². The van der Waals surface area contributed by atoms with Crippen molar-refractivity contribution in [2.24, 2.45) is 14.1 Å². The molecule has 0 aliphatic heterocycles. The van der Waals surface area contributed by atoms with Crippen molar-refractivity contribution in [2.45, 2.75) is 0 Å². The van der Waals surface area contributed by atoms with Crippen LogP contribution in [-0.2, 0) is 14.1 Å². The fraction of sp³-hybridized carbons (Fsp3) is 0.333. The van der Waals surface area contributed by atoms with Crippen molar-refractivity contribution in [3.05, 3.63) is 25.3 Å². The molecule has 2 aromatic heterocycles. The Morgan fingerprint density at radius 1 is 0.857 bits per heavy atom. The predicted molar refractivity (Wildman–Crippen MR) is 37.6 cm³/mol. The zero-order valence-corrected chi connectivity index (χ0v) is 12.1. The van der Waals surface area contributed by atoms with E-state index < -0.39 is 0 Å². The zero-order chi connectivity index (χ0) is 8.55. The highest BCUT2D eigenvalue weighted by Crippen LogP contribution is 1.81. The van der Waals surface area contributed by atoms with Crippen molar-refractivity contribution >= 4 is 0 Å². The van der Waals surface area contributed by atoms with Gasteiger partial charge in [-0.05, 0) is 19.5 Å². The molecule has 8 heteroatoms. The van der Waals surface area contributed by atoms with E-state index in [4.69, 9.17) is 0 Å². The fourth-order valence-corrected chi connectivity index (χ4v) is 0.969. The number of aromatic nitrogens is 6. The molecule has 0 aliphatic rings. The number of hydrogen-bond acceptors (Lipinski definition) is 2. The molecule has 0 N–H and O–H groups in total. The first-order valence-electron chi connectivity index (χ1n) is 3.56. The van der Waals surface area contributed by atoms with E-state index in [2.05, 4.69) is 10.2 Å². The van der Waals surface area contributed by atoms with Gasteiger partial charge in [-0.15, -0.1) is 9.36 Å². The molecule has 0 amide bonds. The average molecular weight is 420 g/mol. The van der Waals surface area contributed by atoms with E-state index >= 15 is 0 Å². The third-order valence-electron chi connectivity index (χ3n) is 1.54. The third kappa shape index (κ3) is 2.87. The number of rotatable bonds is 1. The fourth-order valence-electron chi connectivity index (χ4n) is 0.969. The normalized spacial score (nSPS) is 9.00. The van der Waals surface area contributed by atoms with E-state index in [1.807, 2.05) is 36.1 Å². The Bertz CT molecular complexity index is 356. The Kier molecular flexibility index (Phi) is 5.48. The molecule has 2 aromatic rings. The Morgan fingerprint density at radius 3 is 1.43 bits per heavy atom. The summed E-state index contributed by atoms with van der Waals surface area (Å²) in [7, 11) is 3.74. The molecule has 0 unspecified atom stereocenters. The molecule has 6 nitrogen and oxygen atoms in total. The summed E-state index contributed by atoms with van der Waals surface area (Å²) in [6.07, 6.45) is 7.12. The lowest BCUT2D eigenvalue weighted by atomic mass is 11.1. The summed E-state index contributed by atoms with van der Waals surface area (Å²) in [5, 5.41) is 8.05. The van der Waals surface area contributed by atoms with E-state index in [0.29, 0.717) is 0 Å². The molecular weight excluding hydrogens is 410 g/mol. The summed E-state index contributed by atoms with van der Waals surface area (Å²) in [6, 6.07) is 0. The third-order valence-corrected chi connectivity index (χ3v) is 1.54. The molecule has 0 aliphatic carbocycles. The first-order chi connectivity index (χ1) is 5.75. The lowest BCUT2D eigenvalue weighted by molar-refractivity contribution is -0.730. The molecule has 2 heterocycles. The molecule has 0 fully saturated rings. The summed E-state index contributed by atoms with van der Waals surface area (Å²) in [5.74, 6) is 0. The van der Waals surface area contributed by atoms with Gasteiger partial charge in [0.15, 0.2) is 0 Å². The van der Waals surface area contributed by atoms with Crippen LogP contribution in [-0.4, -0.2) is 19.5 Å². The molecule has 0 saturated heterocycles. The molecule has 0 radical (unpaired) electrons. The van der Waals surface area contributed by atoms with Crippen LogP contribution in [0.2, 0.25) is 0 Å². The van der Waals surface area contributed by atoms with Gasteiger partial charge in [0.05, 0.1) is 0 Å². The Hall–Kier alpha value is -0.260. The van der Waals surface area contributed by atoms with E-state index in [-0.39, 0.29) is 48.0 Å². The summed E-state index contributed by atoms with van der Waals surface area (Å²) in [4.78, 5) is 0. The van der Waals surface area contributed by atoms with Gasteiger partial charge in [-0.2, -0.15) is 0 Å². The van der Waals surface area contributed by atoms with Crippen molar-refractivity contribution in [1.82, 2.24) is 19.5 Å². The van der Waals surface area contributed by atoms with E-state index in [1.165, 1.54) is 0 Å². The van der Waals surface area contributed by atoms with Gasteiger partial charge >= 0.3 is 12.7 Å². The van der Waals surface area contributed by atoms with Crippen LogP contribution in [0.4, 0.5) is 0 Å². The van der Waals surface area contributed by atoms with Crippen LogP contribution in [0.1, 0.15) is 0 Å². The van der Waals surface area contributed by atoms with Crippen LogP contribution in [0.3, 0.4) is 0 Å². The second kappa shape index (κ2) is 5.58. The van der Waals surface area contributed by atoms with Crippen LogP contribution in [0.5, 0.6) is 0 Å². The summed E-state index contributed by atoms with van der Waals surface area (Å²) in [5.41, 5.74) is 0. The summed E-state index contributed by atoms with van der Waals surface area (Å²) < 4.78 is 7.10. The Morgan fingerprint density at radius 2 is 1.21 bits per heavy atom. The molecule has 0 aromatic carbocycles. The lowest BCUT2D eigenvalue weighted by Crippen LogP contribution is -3.00. The topological polar surface area (TPSA) is 43.4 Å². The van der Waals surface area contributed by atoms with Crippen molar-refractivity contribution in [3.8, 4) is 0 Å². The van der Waals surface area contributed by atoms with Gasteiger partial charge in [0.25, 0.3) is 12.7 Å². The van der Waals surface area contributed by atoms with Gasteiger partial charge in [0.1, 0.15) is 14.1 Å². The maximum Gasteiger partial charge on any atom is 0.308 e. The molecule has 14 heavy (non-hydrogen) atoms. The number of aryl methyl sites for hydroxylation is 2. The van der Waals surface area contributed by atoms with E-state index in [9.17, 15) is 0 Å². The SMILES string of the molecule is C[n+]1cn(-n2cn[n+](C)c2)cn1.[I-].[I-]. The van der Waals surface area contributed by atoms with Crippen LogP contribution in [0.15, 0.2) is 25.3 Å². The first-order valence-corrected chi connectivity index (χ1v) is 3.56. The van der Waals surface area contributed by atoms with E-state index in [0.717, 1.165) is 0 Å². The molecule has 0 bridgehead atoms. The summed E-state index contributed by atoms with van der Waals surface area (Å²) in [6.45, 7) is 0. The lowest BCUT2D eigenvalue weighted by Gasteiger charge is -1.79. The highest BCUT2D eigenvalue weighted by molar-refractivity contribution is 4.61.